The summed E-state index contributed by atoms with van der Waals surface area (Å²) in [6.45, 7) is 0.928. The average molecular weight is 223 g/mol. The van der Waals surface area contributed by atoms with Gasteiger partial charge >= 0.3 is 0 Å². The van der Waals surface area contributed by atoms with E-state index >= 15 is 0 Å². The standard InChI is InChI=1S/C10H17N5O/c1-16-8-9(12-5-7-3-2-4-7)13-6-14-10(8)15-11/h6-7H,2-5,11H2,1H3,(H2,12,13,14,15). The van der Waals surface area contributed by atoms with Crippen molar-refractivity contribution in [2.75, 3.05) is 24.4 Å². The topological polar surface area (TPSA) is 85.1 Å². The molecule has 2 rings (SSSR count). The summed E-state index contributed by atoms with van der Waals surface area (Å²) in [5.74, 6) is 7.84. The molecule has 0 radical (unpaired) electrons. The van der Waals surface area contributed by atoms with Crippen LogP contribution >= 0.6 is 0 Å². The number of methoxy groups -OCH3 is 1. The Morgan fingerprint density at radius 2 is 2.19 bits per heavy atom. The van der Waals surface area contributed by atoms with Crippen molar-refractivity contribution in [2.45, 2.75) is 19.3 Å². The normalized spacial score (nSPS) is 15.4. The second-order valence-corrected chi connectivity index (χ2v) is 3.93. The Morgan fingerprint density at radius 3 is 2.75 bits per heavy atom. The van der Waals surface area contributed by atoms with Gasteiger partial charge in [0.25, 0.3) is 0 Å². The Labute approximate surface area is 94.6 Å². The lowest BCUT2D eigenvalue weighted by atomic mass is 9.85. The molecule has 0 unspecified atom stereocenters. The zero-order chi connectivity index (χ0) is 11.4. The first-order valence-corrected chi connectivity index (χ1v) is 5.44. The molecule has 0 aliphatic heterocycles. The van der Waals surface area contributed by atoms with Crippen LogP contribution in [0.4, 0.5) is 11.6 Å². The number of nitrogens with two attached hydrogens (primary N) is 1. The Bertz CT molecular complexity index is 353. The van der Waals surface area contributed by atoms with Crippen molar-refractivity contribution in [3.63, 3.8) is 0 Å². The monoisotopic (exact) mass is 223 g/mol. The number of hydrazine groups is 1. The molecule has 1 heterocycles. The van der Waals surface area contributed by atoms with Crippen LogP contribution in [-0.4, -0.2) is 23.6 Å². The smallest absolute Gasteiger partial charge is 0.205 e. The second-order valence-electron chi connectivity index (χ2n) is 3.93. The number of nitrogen functional groups attached to an aromatic ring is 1. The highest BCUT2D eigenvalue weighted by Gasteiger charge is 2.18. The molecule has 6 heteroatoms. The van der Waals surface area contributed by atoms with E-state index < -0.39 is 0 Å². The van der Waals surface area contributed by atoms with Crippen molar-refractivity contribution in [1.29, 1.82) is 0 Å². The van der Waals surface area contributed by atoms with Crippen molar-refractivity contribution >= 4 is 11.6 Å². The van der Waals surface area contributed by atoms with Gasteiger partial charge in [-0.05, 0) is 18.8 Å². The van der Waals surface area contributed by atoms with Crippen LogP contribution in [0.2, 0.25) is 0 Å². The third-order valence-electron chi connectivity index (χ3n) is 2.93. The van der Waals surface area contributed by atoms with Crippen LogP contribution in [0.25, 0.3) is 0 Å². The van der Waals surface area contributed by atoms with Crippen molar-refractivity contribution in [1.82, 2.24) is 9.97 Å². The summed E-state index contributed by atoms with van der Waals surface area (Å²) < 4.78 is 5.22. The molecular weight excluding hydrogens is 206 g/mol. The van der Waals surface area contributed by atoms with Gasteiger partial charge < -0.3 is 15.5 Å². The maximum atomic E-state index is 5.34. The van der Waals surface area contributed by atoms with Crippen molar-refractivity contribution < 1.29 is 4.74 Å². The minimum absolute atomic E-state index is 0.494. The Balaban J connectivity index is 2.05. The summed E-state index contributed by atoms with van der Waals surface area (Å²) in [5.41, 5.74) is 2.49. The third kappa shape index (κ3) is 2.16. The van der Waals surface area contributed by atoms with E-state index in [1.165, 1.54) is 25.6 Å². The predicted molar refractivity (Wildman–Crippen MR) is 62.2 cm³/mol. The number of rotatable bonds is 5. The first-order chi connectivity index (χ1) is 7.85. The van der Waals surface area contributed by atoms with E-state index in [9.17, 15) is 0 Å². The number of anilines is 2. The molecule has 1 aliphatic carbocycles. The molecule has 0 saturated heterocycles. The Morgan fingerprint density at radius 1 is 1.44 bits per heavy atom. The zero-order valence-corrected chi connectivity index (χ0v) is 9.36. The van der Waals surface area contributed by atoms with E-state index in [-0.39, 0.29) is 0 Å². The predicted octanol–water partition coefficient (Wildman–Crippen LogP) is 0.983. The number of hydrogen-bond acceptors (Lipinski definition) is 6. The molecule has 6 nitrogen and oxygen atoms in total. The molecule has 0 atom stereocenters. The fourth-order valence-electron chi connectivity index (χ4n) is 1.73. The van der Waals surface area contributed by atoms with Gasteiger partial charge in [-0.3, -0.25) is 0 Å². The lowest BCUT2D eigenvalue weighted by Crippen LogP contribution is -2.22. The van der Waals surface area contributed by atoms with Gasteiger partial charge in [-0.2, -0.15) is 0 Å². The van der Waals surface area contributed by atoms with E-state index in [1.54, 1.807) is 7.11 Å². The molecule has 4 N–H and O–H groups in total. The number of nitrogens with zero attached hydrogens (tertiary/aromatic N) is 2. The highest BCUT2D eigenvalue weighted by atomic mass is 16.5. The maximum Gasteiger partial charge on any atom is 0.205 e. The molecule has 1 aromatic heterocycles. The van der Waals surface area contributed by atoms with Gasteiger partial charge in [-0.15, -0.1) is 0 Å². The van der Waals surface area contributed by atoms with Crippen LogP contribution in [0.1, 0.15) is 19.3 Å². The quantitative estimate of drug-likeness (QED) is 0.509. The third-order valence-corrected chi connectivity index (χ3v) is 2.93. The summed E-state index contributed by atoms with van der Waals surface area (Å²) in [6, 6.07) is 0. The zero-order valence-electron chi connectivity index (χ0n) is 9.36. The Hall–Kier alpha value is -1.56. The number of aromatic nitrogens is 2. The van der Waals surface area contributed by atoms with E-state index in [0.717, 1.165) is 12.5 Å². The van der Waals surface area contributed by atoms with Crippen molar-refractivity contribution in [3.05, 3.63) is 6.33 Å². The summed E-state index contributed by atoms with van der Waals surface area (Å²) in [7, 11) is 1.58. The van der Waals surface area contributed by atoms with E-state index in [4.69, 9.17) is 10.6 Å². The van der Waals surface area contributed by atoms with E-state index in [1.807, 2.05) is 0 Å². The average Bonchev–Trinajstić information content (AvgIpc) is 2.26. The highest BCUT2D eigenvalue weighted by Crippen LogP contribution is 2.30. The number of ether oxygens (including phenoxy) is 1. The molecule has 0 spiro atoms. The number of hydrogen-bond donors (Lipinski definition) is 3. The summed E-state index contributed by atoms with van der Waals surface area (Å²) in [4.78, 5) is 8.12. The molecule has 88 valence electrons. The fourth-order valence-corrected chi connectivity index (χ4v) is 1.73. The van der Waals surface area contributed by atoms with Crippen LogP contribution in [0, 0.1) is 5.92 Å². The molecule has 1 fully saturated rings. The SMILES string of the molecule is COc1c(NN)ncnc1NCC1CCC1. The summed E-state index contributed by atoms with van der Waals surface area (Å²) >= 11 is 0. The maximum absolute atomic E-state index is 5.34. The first-order valence-electron chi connectivity index (χ1n) is 5.44. The van der Waals surface area contributed by atoms with E-state index in [0.29, 0.717) is 17.4 Å². The van der Waals surface area contributed by atoms with Crippen LogP contribution < -0.4 is 21.3 Å². The van der Waals surface area contributed by atoms with Crippen LogP contribution in [-0.2, 0) is 0 Å². The molecule has 1 aromatic rings. The van der Waals surface area contributed by atoms with Crippen molar-refractivity contribution in [2.24, 2.45) is 11.8 Å². The molecule has 1 saturated carbocycles. The number of nitrogens with one attached hydrogen (secondary N) is 2. The molecule has 0 aromatic carbocycles. The second kappa shape index (κ2) is 4.98. The highest BCUT2D eigenvalue weighted by molar-refractivity contribution is 5.62. The van der Waals surface area contributed by atoms with Gasteiger partial charge in [-0.25, -0.2) is 15.8 Å². The Kier molecular flexibility index (Phi) is 3.40. The van der Waals surface area contributed by atoms with Crippen molar-refractivity contribution in [3.8, 4) is 5.75 Å². The van der Waals surface area contributed by atoms with Crippen LogP contribution in [0.5, 0.6) is 5.75 Å². The first kappa shape index (κ1) is 10.9. The summed E-state index contributed by atoms with van der Waals surface area (Å²) in [5, 5.41) is 3.27. The molecule has 1 aliphatic rings. The summed E-state index contributed by atoms with van der Waals surface area (Å²) in [6.07, 6.45) is 5.38. The largest absolute Gasteiger partial charge is 0.490 e. The minimum atomic E-state index is 0.494. The van der Waals surface area contributed by atoms with E-state index in [2.05, 4.69) is 20.7 Å². The molecular formula is C10H17N5O. The molecule has 0 bridgehead atoms. The van der Waals surface area contributed by atoms with Crippen LogP contribution in [0.15, 0.2) is 6.33 Å². The molecule has 0 amide bonds. The van der Waals surface area contributed by atoms with Gasteiger partial charge in [0.2, 0.25) is 5.75 Å². The van der Waals surface area contributed by atoms with Gasteiger partial charge in [0.15, 0.2) is 11.6 Å². The van der Waals surface area contributed by atoms with Gasteiger partial charge in [0.1, 0.15) is 6.33 Å². The lowest BCUT2D eigenvalue weighted by molar-refractivity contribution is 0.332. The minimum Gasteiger partial charge on any atom is -0.490 e. The van der Waals surface area contributed by atoms with Gasteiger partial charge in [0.05, 0.1) is 7.11 Å². The van der Waals surface area contributed by atoms with Gasteiger partial charge in [-0.1, -0.05) is 6.42 Å². The van der Waals surface area contributed by atoms with Gasteiger partial charge in [0, 0.05) is 6.54 Å². The van der Waals surface area contributed by atoms with Crippen LogP contribution in [0.3, 0.4) is 0 Å². The fraction of sp³-hybridized carbons (Fsp3) is 0.600. The molecule has 16 heavy (non-hydrogen) atoms. The lowest BCUT2D eigenvalue weighted by Gasteiger charge is -2.26.